The molecule has 1 aliphatic rings. The van der Waals surface area contributed by atoms with Gasteiger partial charge in [0.05, 0.1) is 0 Å². The van der Waals surface area contributed by atoms with Crippen molar-refractivity contribution >= 4 is 28.0 Å². The van der Waals surface area contributed by atoms with E-state index in [1.165, 1.54) is 0 Å². The summed E-state index contributed by atoms with van der Waals surface area (Å²) in [7, 11) is 5.19. The van der Waals surface area contributed by atoms with Gasteiger partial charge in [0.15, 0.2) is 0 Å². The Labute approximate surface area is 84.8 Å². The van der Waals surface area contributed by atoms with Crippen molar-refractivity contribution in [1.29, 1.82) is 0 Å². The molecule has 0 spiro atoms. The van der Waals surface area contributed by atoms with Crippen LogP contribution in [0.2, 0.25) is 0 Å². The van der Waals surface area contributed by atoms with Crippen molar-refractivity contribution in [1.82, 2.24) is 3.48 Å². The van der Waals surface area contributed by atoms with Gasteiger partial charge in [-0.15, -0.1) is 0 Å². The first-order valence-electron chi connectivity index (χ1n) is 3.02. The molecule has 14 heavy (non-hydrogen) atoms. The van der Waals surface area contributed by atoms with Crippen LogP contribution in [-0.4, -0.2) is 31.5 Å². The number of hydrogen-bond donors (Lipinski definition) is 1. The molecule has 0 aromatic rings. The van der Waals surface area contributed by atoms with Gasteiger partial charge in [0, 0.05) is 0 Å². The fourth-order valence-electron chi connectivity index (χ4n) is 0.755. The van der Waals surface area contributed by atoms with Crippen molar-refractivity contribution in [2.75, 3.05) is 0 Å². The van der Waals surface area contributed by atoms with E-state index in [4.69, 9.17) is 8.83 Å². The van der Waals surface area contributed by atoms with Crippen molar-refractivity contribution in [3.05, 3.63) is 11.4 Å². The molecule has 0 radical (unpaired) electrons. The Morgan fingerprint density at radius 2 is 1.57 bits per heavy atom. The molecule has 10 heteroatoms. The first-order chi connectivity index (χ1) is 6.12. The van der Waals surface area contributed by atoms with E-state index < -0.39 is 42.9 Å². The van der Waals surface area contributed by atoms with Crippen LogP contribution in [0.25, 0.3) is 0 Å². The molecule has 82 valence electrons. The van der Waals surface area contributed by atoms with Crippen LogP contribution in [0.15, 0.2) is 14.5 Å². The molecule has 2 nitrogen and oxygen atoms in total. The maximum atomic E-state index is 12.0. The molecule has 0 aromatic heterocycles. The Morgan fingerprint density at radius 3 is 1.86 bits per heavy atom. The van der Waals surface area contributed by atoms with Crippen LogP contribution in [0, 0.1) is 0 Å². The minimum atomic E-state index is -5.12. The monoisotopic (exact) mass is 348 g/mol. The number of nitrogens with zero attached hydrogens (tertiary/aromatic N) is 1. The number of nitrogens with one attached hydrogen (secondary N) is 1. The molecule has 0 fully saturated rings. The third-order valence-corrected chi connectivity index (χ3v) is 4.93. The molecule has 1 N–H and O–H groups in total. The SMILES string of the molecule is FC(F)(F)C1=C(C(F)(F)F)[NH][SbH]([Cl])=[N]1. The number of halogens is 7. The van der Waals surface area contributed by atoms with E-state index >= 15 is 0 Å². The first kappa shape index (κ1) is 12.1. The van der Waals surface area contributed by atoms with E-state index in [9.17, 15) is 26.3 Å². The third kappa shape index (κ3) is 2.53. The molecule has 1 atom stereocenters. The van der Waals surface area contributed by atoms with Gasteiger partial charge in [-0.2, -0.15) is 0 Å². The van der Waals surface area contributed by atoms with Gasteiger partial charge in [-0.3, -0.25) is 0 Å². The summed E-state index contributed by atoms with van der Waals surface area (Å²) in [6, 6.07) is 0. The number of allylic oxidation sites excluding steroid dienone is 2. The number of hydrogen-bond acceptors (Lipinski definition) is 2. The second kappa shape index (κ2) is 3.55. The molecule has 1 heterocycles. The molecule has 1 rings (SSSR count). The molecule has 0 saturated carbocycles. The Kier molecular flexibility index (Phi) is 3.07. The van der Waals surface area contributed by atoms with Crippen LogP contribution < -0.4 is 3.48 Å². The van der Waals surface area contributed by atoms with Crippen molar-refractivity contribution in [2.45, 2.75) is 12.4 Å². The summed E-state index contributed by atoms with van der Waals surface area (Å²) in [5.74, 6) is 0. The van der Waals surface area contributed by atoms with Gasteiger partial charge in [0.1, 0.15) is 0 Å². The Morgan fingerprint density at radius 1 is 1.07 bits per heavy atom. The normalized spacial score (nSPS) is 23.5. The summed E-state index contributed by atoms with van der Waals surface area (Å²) in [5.41, 5.74) is -3.80. The number of rotatable bonds is 0. The molecular formula is C4H2ClF6N2Sb. The van der Waals surface area contributed by atoms with Crippen molar-refractivity contribution in [3.8, 4) is 0 Å². The van der Waals surface area contributed by atoms with Crippen molar-refractivity contribution in [2.24, 2.45) is 3.09 Å². The summed E-state index contributed by atoms with van der Waals surface area (Å²) in [5, 5.41) is 0. The van der Waals surface area contributed by atoms with E-state index in [2.05, 4.69) is 3.09 Å². The zero-order valence-electron chi connectivity index (χ0n) is 6.09. The first-order valence-corrected chi connectivity index (χ1v) is 9.34. The Bertz CT molecular complexity index is 315. The quantitative estimate of drug-likeness (QED) is 0.526. The van der Waals surface area contributed by atoms with Crippen LogP contribution in [0.3, 0.4) is 0 Å². The molecule has 1 unspecified atom stereocenters. The third-order valence-electron chi connectivity index (χ3n) is 1.23. The van der Waals surface area contributed by atoms with E-state index in [1.807, 2.05) is 0 Å². The van der Waals surface area contributed by atoms with Gasteiger partial charge in [-0.1, -0.05) is 0 Å². The fraction of sp³-hybridized carbons (Fsp3) is 0.500. The molecule has 0 amide bonds. The molecule has 0 aromatic carbocycles. The van der Waals surface area contributed by atoms with E-state index in [1.54, 1.807) is 3.48 Å². The van der Waals surface area contributed by atoms with Crippen molar-refractivity contribution < 1.29 is 26.3 Å². The van der Waals surface area contributed by atoms with E-state index in [0.29, 0.717) is 0 Å². The summed E-state index contributed by atoms with van der Waals surface area (Å²) in [4.78, 5) is 0. The standard InChI is InChI=1S/C4HF6N2.ClH.Sb.H/c5-3(6,7)1(11)2(12)4(8,9)10;;;/h11H;1H;;/q-1;;+2;/p-1. The average molecular weight is 349 g/mol. The Balaban J connectivity index is 3.17. The fourth-order valence-corrected chi connectivity index (χ4v) is 4.69. The van der Waals surface area contributed by atoms with Crippen LogP contribution in [0.1, 0.15) is 0 Å². The molecule has 0 saturated heterocycles. The van der Waals surface area contributed by atoms with Gasteiger partial charge in [-0.25, -0.2) is 0 Å². The van der Waals surface area contributed by atoms with Crippen LogP contribution in [0.4, 0.5) is 26.3 Å². The topological polar surface area (TPSA) is 24.4 Å². The van der Waals surface area contributed by atoms with Gasteiger partial charge < -0.3 is 0 Å². The van der Waals surface area contributed by atoms with Gasteiger partial charge in [-0.05, 0) is 0 Å². The predicted molar refractivity (Wildman–Crippen MR) is 37.7 cm³/mol. The van der Waals surface area contributed by atoms with Crippen molar-refractivity contribution in [3.63, 3.8) is 0 Å². The average Bonchev–Trinajstić information content (AvgIpc) is 2.27. The summed E-state index contributed by atoms with van der Waals surface area (Å²) in [6.07, 6.45) is -10.2. The Hall–Kier alpha value is 0.0282. The van der Waals surface area contributed by atoms with Crippen LogP contribution in [-0.2, 0) is 0 Å². The molecule has 1 aliphatic heterocycles. The van der Waals surface area contributed by atoms with Crippen LogP contribution in [0.5, 0.6) is 0 Å². The summed E-state index contributed by atoms with van der Waals surface area (Å²) < 4.78 is 76.4. The zero-order chi connectivity index (χ0) is 11.1. The molecule has 0 bridgehead atoms. The van der Waals surface area contributed by atoms with Gasteiger partial charge in [0.2, 0.25) is 0 Å². The molecule has 0 aliphatic carbocycles. The predicted octanol–water partition coefficient (Wildman–Crippen LogP) is 2.15. The van der Waals surface area contributed by atoms with E-state index in [-0.39, 0.29) is 0 Å². The summed E-state index contributed by atoms with van der Waals surface area (Å²) >= 11 is -3.57. The second-order valence-corrected chi connectivity index (χ2v) is 7.66. The maximum absolute atomic E-state index is 12.0. The summed E-state index contributed by atoms with van der Waals surface area (Å²) in [6.45, 7) is 0. The second-order valence-electron chi connectivity index (χ2n) is 2.25. The molecular weight excluding hydrogens is 347 g/mol. The number of alkyl halides is 6. The zero-order valence-corrected chi connectivity index (χ0v) is 9.70. The van der Waals surface area contributed by atoms with Gasteiger partial charge in [0.25, 0.3) is 0 Å². The van der Waals surface area contributed by atoms with Crippen LogP contribution >= 0.6 is 8.83 Å². The minimum absolute atomic E-state index is 1.58. The van der Waals surface area contributed by atoms with Gasteiger partial charge >= 0.3 is 84.7 Å². The van der Waals surface area contributed by atoms with E-state index in [0.717, 1.165) is 0 Å².